The van der Waals surface area contributed by atoms with E-state index >= 15 is 0 Å². The van der Waals surface area contributed by atoms with Crippen molar-refractivity contribution in [1.82, 2.24) is 4.90 Å². The van der Waals surface area contributed by atoms with Gasteiger partial charge in [0.15, 0.2) is 0 Å². The van der Waals surface area contributed by atoms with Crippen LogP contribution < -0.4 is 5.73 Å². The van der Waals surface area contributed by atoms with Gasteiger partial charge in [0.25, 0.3) is 0 Å². The van der Waals surface area contributed by atoms with Gasteiger partial charge in [0.1, 0.15) is 0 Å². The Morgan fingerprint density at radius 3 is 2.71 bits per heavy atom. The van der Waals surface area contributed by atoms with Crippen LogP contribution in [0.4, 0.5) is 5.69 Å². The highest BCUT2D eigenvalue weighted by Crippen LogP contribution is 2.41. The highest BCUT2D eigenvalue weighted by atomic mass is 79.9. The van der Waals surface area contributed by atoms with Gasteiger partial charge in [-0.15, -0.1) is 0 Å². The van der Waals surface area contributed by atoms with Gasteiger partial charge in [0.05, 0.1) is 10.7 Å². The van der Waals surface area contributed by atoms with E-state index in [4.69, 9.17) is 17.3 Å². The van der Waals surface area contributed by atoms with Crippen molar-refractivity contribution in [2.45, 2.75) is 12.3 Å². The molecule has 1 aliphatic rings. The van der Waals surface area contributed by atoms with E-state index in [2.05, 4.69) is 58.2 Å². The lowest BCUT2D eigenvalue weighted by atomic mass is 9.87. The Morgan fingerprint density at radius 2 is 2.00 bits per heavy atom. The maximum absolute atomic E-state index is 6.27. The Hall–Kier alpha value is -1.03. The van der Waals surface area contributed by atoms with E-state index in [0.29, 0.717) is 16.6 Å². The van der Waals surface area contributed by atoms with Gasteiger partial charge in [-0.3, -0.25) is 0 Å². The molecule has 1 heterocycles. The molecule has 3 rings (SSSR count). The molecule has 0 fully saturated rings. The predicted molar refractivity (Wildman–Crippen MR) is 93.1 cm³/mol. The summed E-state index contributed by atoms with van der Waals surface area (Å²) in [7, 11) is 2.17. The highest BCUT2D eigenvalue weighted by Gasteiger charge is 2.26. The number of halogens is 2. The molecular weight excluding hydrogens is 348 g/mol. The van der Waals surface area contributed by atoms with Crippen LogP contribution in [0.1, 0.15) is 22.6 Å². The molecule has 1 aliphatic heterocycles. The monoisotopic (exact) mass is 364 g/mol. The lowest BCUT2D eigenvalue weighted by Crippen LogP contribution is -2.24. The summed E-state index contributed by atoms with van der Waals surface area (Å²) < 4.78 is 0.953. The minimum atomic E-state index is 0.308. The van der Waals surface area contributed by atoms with Gasteiger partial charge in [0.2, 0.25) is 0 Å². The van der Waals surface area contributed by atoms with Crippen LogP contribution in [0.3, 0.4) is 0 Å². The molecule has 0 aliphatic carbocycles. The van der Waals surface area contributed by atoms with Crippen LogP contribution in [-0.2, 0) is 6.42 Å². The summed E-state index contributed by atoms with van der Waals surface area (Å²) in [5.41, 5.74) is 10.7. The lowest BCUT2D eigenvalue weighted by molar-refractivity contribution is 0.338. The molecule has 2 aromatic rings. The molecule has 4 heteroatoms. The Labute approximate surface area is 139 Å². The summed E-state index contributed by atoms with van der Waals surface area (Å²) in [6.45, 7) is 2.01. The third-order valence-corrected chi connectivity index (χ3v) is 5.35. The van der Waals surface area contributed by atoms with Crippen molar-refractivity contribution >= 4 is 33.2 Å². The summed E-state index contributed by atoms with van der Waals surface area (Å²) in [5.74, 6) is 0.308. The molecule has 21 heavy (non-hydrogen) atoms. The maximum atomic E-state index is 6.27. The number of rotatable bonds is 1. The molecule has 0 bridgehead atoms. The van der Waals surface area contributed by atoms with Crippen molar-refractivity contribution in [1.29, 1.82) is 0 Å². The summed E-state index contributed by atoms with van der Waals surface area (Å²) in [6, 6.07) is 12.6. The molecule has 0 saturated heterocycles. The third-order valence-electron chi connectivity index (χ3n) is 4.18. The summed E-state index contributed by atoms with van der Waals surface area (Å²) >= 11 is 9.95. The number of nitrogen functional groups attached to an aromatic ring is 1. The maximum Gasteiger partial charge on any atom is 0.0651 e. The zero-order chi connectivity index (χ0) is 15.0. The molecule has 110 valence electrons. The van der Waals surface area contributed by atoms with Gasteiger partial charge in [0, 0.05) is 23.5 Å². The number of nitrogens with two attached hydrogens (primary N) is 1. The van der Waals surface area contributed by atoms with Crippen molar-refractivity contribution in [3.05, 3.63) is 62.6 Å². The zero-order valence-electron chi connectivity index (χ0n) is 11.9. The van der Waals surface area contributed by atoms with Crippen LogP contribution in [0.15, 0.2) is 40.9 Å². The number of anilines is 1. The quantitative estimate of drug-likeness (QED) is 0.763. The Bertz CT molecular complexity index is 658. The fourth-order valence-electron chi connectivity index (χ4n) is 3.05. The molecule has 2 aromatic carbocycles. The first-order valence-electron chi connectivity index (χ1n) is 7.07. The zero-order valence-corrected chi connectivity index (χ0v) is 14.3. The number of nitrogens with zero attached hydrogens (tertiary/aromatic N) is 1. The van der Waals surface area contributed by atoms with Crippen molar-refractivity contribution in [3.63, 3.8) is 0 Å². The molecule has 0 unspecified atom stereocenters. The Kier molecular flexibility index (Phi) is 4.25. The van der Waals surface area contributed by atoms with E-state index in [1.54, 1.807) is 0 Å². The fourth-order valence-corrected chi connectivity index (χ4v) is 4.13. The second-order valence-electron chi connectivity index (χ2n) is 5.63. The average molecular weight is 366 g/mol. The molecule has 1 atom stereocenters. The smallest absolute Gasteiger partial charge is 0.0651 e. The third kappa shape index (κ3) is 2.83. The molecule has 0 spiro atoms. The number of hydrogen-bond donors (Lipinski definition) is 1. The van der Waals surface area contributed by atoms with Crippen molar-refractivity contribution < 1.29 is 0 Å². The first kappa shape index (κ1) is 14.9. The largest absolute Gasteiger partial charge is 0.397 e. The number of hydrogen-bond acceptors (Lipinski definition) is 2. The molecular formula is C17H18BrClN2. The van der Waals surface area contributed by atoms with E-state index < -0.39 is 0 Å². The summed E-state index contributed by atoms with van der Waals surface area (Å²) in [6.07, 6.45) is 0.994. The second-order valence-corrected chi connectivity index (χ2v) is 6.83. The molecule has 0 amide bonds. The van der Waals surface area contributed by atoms with Crippen LogP contribution in [0.5, 0.6) is 0 Å². The minimum absolute atomic E-state index is 0.308. The van der Waals surface area contributed by atoms with E-state index in [1.807, 2.05) is 6.07 Å². The topological polar surface area (TPSA) is 29.3 Å². The second kappa shape index (κ2) is 5.99. The molecule has 0 radical (unpaired) electrons. The fraction of sp³-hybridized carbons (Fsp3) is 0.294. The van der Waals surface area contributed by atoms with Crippen molar-refractivity contribution in [2.24, 2.45) is 0 Å². The van der Waals surface area contributed by atoms with E-state index in [-0.39, 0.29) is 0 Å². The van der Waals surface area contributed by atoms with Crippen LogP contribution in [0.25, 0.3) is 0 Å². The van der Waals surface area contributed by atoms with Crippen LogP contribution >= 0.6 is 27.5 Å². The van der Waals surface area contributed by atoms with E-state index in [0.717, 1.165) is 24.0 Å². The van der Waals surface area contributed by atoms with Gasteiger partial charge in [-0.25, -0.2) is 0 Å². The predicted octanol–water partition coefficient (Wildman–Crippen LogP) is 4.30. The van der Waals surface area contributed by atoms with Crippen molar-refractivity contribution in [2.75, 3.05) is 25.9 Å². The normalized spacial score (nSPS) is 19.1. The van der Waals surface area contributed by atoms with E-state index in [1.165, 1.54) is 16.7 Å². The van der Waals surface area contributed by atoms with Gasteiger partial charge in [-0.1, -0.05) is 41.9 Å². The van der Waals surface area contributed by atoms with E-state index in [9.17, 15) is 0 Å². The van der Waals surface area contributed by atoms with Crippen molar-refractivity contribution in [3.8, 4) is 0 Å². The standard InChI is InChI=1S/C17H18BrClN2/c1-21-8-7-12-9-14(19)17(20)16(18)15(12)13(10-21)11-5-3-2-4-6-11/h2-6,9,13H,7-8,10,20H2,1H3/t13-/m1/s1. The first-order chi connectivity index (χ1) is 10.1. The van der Waals surface area contributed by atoms with Gasteiger partial charge in [-0.05, 0) is 52.2 Å². The average Bonchev–Trinajstić information content (AvgIpc) is 2.65. The molecule has 0 aromatic heterocycles. The highest BCUT2D eigenvalue weighted by molar-refractivity contribution is 9.10. The van der Waals surface area contributed by atoms with Gasteiger partial charge in [-0.2, -0.15) is 0 Å². The minimum Gasteiger partial charge on any atom is -0.397 e. The summed E-state index contributed by atoms with van der Waals surface area (Å²) in [4.78, 5) is 2.37. The molecule has 2 nitrogen and oxygen atoms in total. The van der Waals surface area contributed by atoms with Crippen LogP contribution in [0, 0.1) is 0 Å². The van der Waals surface area contributed by atoms with Gasteiger partial charge < -0.3 is 10.6 Å². The van der Waals surface area contributed by atoms with Gasteiger partial charge >= 0.3 is 0 Å². The number of fused-ring (bicyclic) bond motifs is 1. The molecule has 2 N–H and O–H groups in total. The molecule has 0 saturated carbocycles. The first-order valence-corrected chi connectivity index (χ1v) is 8.24. The van der Waals surface area contributed by atoms with Crippen LogP contribution in [-0.4, -0.2) is 25.0 Å². The lowest BCUT2D eigenvalue weighted by Gasteiger charge is -2.23. The van der Waals surface area contributed by atoms with Crippen LogP contribution in [0.2, 0.25) is 5.02 Å². The SMILES string of the molecule is CN1CCc2cc(Cl)c(N)c(Br)c2[C@@H](c2ccccc2)C1. The number of likely N-dealkylation sites (N-methyl/N-ethyl adjacent to an activating group) is 1. The summed E-state index contributed by atoms with van der Waals surface area (Å²) in [5, 5.41) is 0.636. The number of benzene rings is 2. The Morgan fingerprint density at radius 1 is 1.29 bits per heavy atom. The Balaban J connectivity index is 2.20.